The Morgan fingerprint density at radius 3 is 1.92 bits per heavy atom. The molecule has 0 radical (unpaired) electrons. The van der Waals surface area contributed by atoms with Gasteiger partial charge >= 0.3 is 5.97 Å². The van der Waals surface area contributed by atoms with Crippen molar-refractivity contribution in [1.29, 1.82) is 0 Å². The zero-order valence-electron chi connectivity index (χ0n) is 21.1. The Kier molecular flexibility index (Phi) is 8.59. The molecular weight excluding hydrogens is 486 g/mol. The maximum absolute atomic E-state index is 12.8. The highest BCUT2D eigenvalue weighted by Crippen LogP contribution is 2.37. The number of nitrogens with one attached hydrogen (secondary N) is 1. The van der Waals surface area contributed by atoms with E-state index in [1.165, 1.54) is 16.9 Å². The molecule has 0 aliphatic rings. The van der Waals surface area contributed by atoms with Gasteiger partial charge in [0.1, 0.15) is 22.1 Å². The van der Waals surface area contributed by atoms with E-state index in [4.69, 9.17) is 14.2 Å². The summed E-state index contributed by atoms with van der Waals surface area (Å²) in [7, 11) is 0. The Morgan fingerprint density at radius 2 is 1.32 bits per heavy atom. The van der Waals surface area contributed by atoms with E-state index >= 15 is 0 Å². The van der Waals surface area contributed by atoms with Crippen LogP contribution in [-0.2, 0) is 9.53 Å². The molecule has 0 aliphatic carbocycles. The number of carbonyl (C=O) groups excluding carboxylic acids is 2. The van der Waals surface area contributed by atoms with E-state index < -0.39 is 5.97 Å². The van der Waals surface area contributed by atoms with Gasteiger partial charge in [0, 0.05) is 10.9 Å². The molecule has 0 saturated heterocycles. The number of hydrogen-bond acceptors (Lipinski definition) is 6. The molecule has 190 valence electrons. The lowest BCUT2D eigenvalue weighted by atomic mass is 10.0. The summed E-state index contributed by atoms with van der Waals surface area (Å²) in [6.07, 6.45) is 0. The van der Waals surface area contributed by atoms with Crippen LogP contribution in [0.2, 0.25) is 0 Å². The summed E-state index contributed by atoms with van der Waals surface area (Å²) in [6, 6.07) is 23.3. The summed E-state index contributed by atoms with van der Waals surface area (Å²) in [6.45, 7) is 6.33. The first-order valence-electron chi connectivity index (χ1n) is 12.1. The van der Waals surface area contributed by atoms with E-state index in [9.17, 15) is 9.59 Å². The van der Waals surface area contributed by atoms with Crippen molar-refractivity contribution in [2.24, 2.45) is 0 Å². The van der Waals surface area contributed by atoms with Crippen LogP contribution in [0.4, 0.5) is 5.00 Å². The van der Waals surface area contributed by atoms with Crippen LogP contribution in [0.5, 0.6) is 11.5 Å². The highest BCUT2D eigenvalue weighted by molar-refractivity contribution is 7.15. The van der Waals surface area contributed by atoms with Gasteiger partial charge < -0.3 is 19.5 Å². The average Bonchev–Trinajstić information content (AvgIpc) is 3.32. The Bertz CT molecular complexity index is 1340. The Morgan fingerprint density at radius 1 is 0.757 bits per heavy atom. The Hall–Kier alpha value is -4.10. The van der Waals surface area contributed by atoms with E-state index in [0.717, 1.165) is 22.4 Å². The third-order valence-electron chi connectivity index (χ3n) is 5.61. The number of carbonyl (C=O) groups is 2. The van der Waals surface area contributed by atoms with Gasteiger partial charge in [0.05, 0.1) is 13.2 Å². The fourth-order valence-corrected chi connectivity index (χ4v) is 4.74. The van der Waals surface area contributed by atoms with Crippen molar-refractivity contribution in [3.8, 4) is 33.8 Å². The van der Waals surface area contributed by atoms with Crippen molar-refractivity contribution in [2.45, 2.75) is 20.8 Å². The monoisotopic (exact) mass is 515 g/mol. The summed E-state index contributed by atoms with van der Waals surface area (Å²) in [4.78, 5) is 25.5. The van der Waals surface area contributed by atoms with Crippen molar-refractivity contribution >= 4 is 28.2 Å². The molecule has 1 aromatic heterocycles. The third kappa shape index (κ3) is 6.57. The summed E-state index contributed by atoms with van der Waals surface area (Å²) in [5.41, 5.74) is 5.23. The first-order valence-corrected chi connectivity index (χ1v) is 13.0. The minimum Gasteiger partial charge on any atom is -0.494 e. The van der Waals surface area contributed by atoms with Crippen LogP contribution in [0.1, 0.15) is 29.8 Å². The second-order valence-electron chi connectivity index (χ2n) is 8.26. The number of anilines is 1. The highest BCUT2D eigenvalue weighted by atomic mass is 32.1. The van der Waals surface area contributed by atoms with Crippen molar-refractivity contribution < 1.29 is 23.8 Å². The minimum absolute atomic E-state index is 0.192. The lowest BCUT2D eigenvalue weighted by Crippen LogP contribution is -2.21. The van der Waals surface area contributed by atoms with E-state index in [1.807, 2.05) is 60.8 Å². The highest BCUT2D eigenvalue weighted by Gasteiger charge is 2.23. The first-order chi connectivity index (χ1) is 18.0. The van der Waals surface area contributed by atoms with Gasteiger partial charge in [0.2, 0.25) is 0 Å². The molecule has 4 aromatic rings. The molecule has 1 heterocycles. The zero-order chi connectivity index (χ0) is 26.2. The summed E-state index contributed by atoms with van der Waals surface area (Å²) in [5, 5.41) is 5.07. The molecule has 1 amide bonds. The number of hydrogen-bond donors (Lipinski definition) is 1. The summed E-state index contributed by atoms with van der Waals surface area (Å²) in [5.74, 6) is 0.471. The molecule has 4 rings (SSSR count). The first kappa shape index (κ1) is 26.0. The molecule has 0 unspecified atom stereocenters. The topological polar surface area (TPSA) is 73.9 Å². The number of aryl methyl sites for hydroxylation is 1. The van der Waals surface area contributed by atoms with Crippen molar-refractivity contribution in [1.82, 2.24) is 0 Å². The molecule has 0 bridgehead atoms. The maximum atomic E-state index is 12.8. The van der Waals surface area contributed by atoms with Crippen LogP contribution in [0, 0.1) is 6.92 Å². The maximum Gasteiger partial charge on any atom is 0.341 e. The van der Waals surface area contributed by atoms with E-state index in [2.05, 4.69) is 36.5 Å². The van der Waals surface area contributed by atoms with Crippen LogP contribution in [0.15, 0.2) is 78.2 Å². The number of esters is 1. The number of ether oxygens (including phenoxy) is 3. The van der Waals surface area contributed by atoms with Crippen molar-refractivity contribution in [3.63, 3.8) is 0 Å². The van der Waals surface area contributed by atoms with Crippen molar-refractivity contribution in [2.75, 3.05) is 25.1 Å². The molecule has 6 nitrogen and oxygen atoms in total. The van der Waals surface area contributed by atoms with Crippen LogP contribution in [-0.4, -0.2) is 31.7 Å². The SMILES string of the molecule is CCOC(=O)c1c(-c2ccc(OCC)cc2)csc1NC(=O)COc1ccc(-c2ccc(C)cc2)cc1. The largest absolute Gasteiger partial charge is 0.494 e. The number of amides is 1. The molecule has 0 saturated carbocycles. The van der Waals surface area contributed by atoms with Gasteiger partial charge in [0.25, 0.3) is 5.91 Å². The van der Waals surface area contributed by atoms with E-state index in [-0.39, 0.29) is 19.1 Å². The smallest absolute Gasteiger partial charge is 0.341 e. The molecular formula is C30H29NO5S. The standard InChI is InChI=1S/C30H29NO5S/c1-4-34-24-16-12-23(13-17-24)26-19-37-29(28(26)30(33)35-5-2)31-27(32)18-36-25-14-10-22(11-15-25)21-8-6-20(3)7-9-21/h6-17,19H,4-5,18H2,1-3H3,(H,31,32). The van der Waals surface area contributed by atoms with Crippen LogP contribution < -0.4 is 14.8 Å². The number of benzene rings is 3. The van der Waals surface area contributed by atoms with Crippen LogP contribution in [0.25, 0.3) is 22.3 Å². The molecule has 3 aromatic carbocycles. The zero-order valence-corrected chi connectivity index (χ0v) is 21.9. The minimum atomic E-state index is -0.490. The fraction of sp³-hybridized carbons (Fsp3) is 0.200. The normalized spacial score (nSPS) is 10.6. The van der Waals surface area contributed by atoms with Crippen LogP contribution in [0.3, 0.4) is 0 Å². The predicted molar refractivity (Wildman–Crippen MR) is 148 cm³/mol. The van der Waals surface area contributed by atoms with Crippen molar-refractivity contribution in [3.05, 3.63) is 89.3 Å². The molecule has 37 heavy (non-hydrogen) atoms. The molecule has 1 N–H and O–H groups in total. The van der Waals surface area contributed by atoms with Gasteiger partial charge in [-0.25, -0.2) is 4.79 Å². The molecule has 0 aliphatic heterocycles. The molecule has 0 spiro atoms. The molecule has 7 heteroatoms. The molecule has 0 fully saturated rings. The Labute approximate surface area is 220 Å². The Balaban J connectivity index is 1.44. The predicted octanol–water partition coefficient (Wildman–Crippen LogP) is 6.98. The lowest BCUT2D eigenvalue weighted by Gasteiger charge is -2.10. The van der Waals surface area contributed by atoms with E-state index in [0.29, 0.717) is 28.5 Å². The van der Waals surface area contributed by atoms with Gasteiger partial charge in [-0.15, -0.1) is 11.3 Å². The van der Waals surface area contributed by atoms with Gasteiger partial charge in [0.15, 0.2) is 6.61 Å². The number of thiophene rings is 1. The second-order valence-corrected chi connectivity index (χ2v) is 9.14. The van der Waals surface area contributed by atoms with Gasteiger partial charge in [-0.05, 0) is 61.7 Å². The van der Waals surface area contributed by atoms with Crippen LogP contribution >= 0.6 is 11.3 Å². The second kappa shape index (κ2) is 12.2. The quantitative estimate of drug-likeness (QED) is 0.231. The lowest BCUT2D eigenvalue weighted by molar-refractivity contribution is -0.118. The van der Waals surface area contributed by atoms with E-state index in [1.54, 1.807) is 6.92 Å². The third-order valence-corrected chi connectivity index (χ3v) is 6.50. The average molecular weight is 516 g/mol. The summed E-state index contributed by atoms with van der Waals surface area (Å²) >= 11 is 1.27. The van der Waals surface area contributed by atoms with Gasteiger partial charge in [-0.2, -0.15) is 0 Å². The summed E-state index contributed by atoms with van der Waals surface area (Å²) < 4.78 is 16.5. The van der Waals surface area contributed by atoms with Gasteiger partial charge in [-0.1, -0.05) is 54.1 Å². The fourth-order valence-electron chi connectivity index (χ4n) is 3.77. The molecule has 0 atom stereocenters. The number of rotatable bonds is 10. The van der Waals surface area contributed by atoms with Gasteiger partial charge in [-0.3, -0.25) is 4.79 Å².